The first-order chi connectivity index (χ1) is 7.27. The number of aromatic nitrogens is 1. The topological polar surface area (TPSA) is 85.2 Å². The van der Waals surface area contributed by atoms with Crippen LogP contribution in [0.2, 0.25) is 0 Å². The standard InChI is InChI=1S/C7H5F3N2O4/c1-16-6(13)3-2-4(12(14)15)5(11-3)7(8,9)10/h2,11H,1H3. The van der Waals surface area contributed by atoms with E-state index in [4.69, 9.17) is 0 Å². The van der Waals surface area contributed by atoms with Crippen molar-refractivity contribution in [2.45, 2.75) is 6.18 Å². The lowest BCUT2D eigenvalue weighted by Gasteiger charge is -2.02. The number of hydrogen-bond donors (Lipinski definition) is 1. The number of nitrogens with zero attached hydrogens (tertiary/aromatic N) is 1. The van der Waals surface area contributed by atoms with Gasteiger partial charge in [-0.15, -0.1) is 0 Å². The third-order valence-electron chi connectivity index (χ3n) is 1.68. The fraction of sp³-hybridized carbons (Fsp3) is 0.286. The van der Waals surface area contributed by atoms with Crippen LogP contribution in [0.1, 0.15) is 16.2 Å². The number of rotatable bonds is 2. The summed E-state index contributed by atoms with van der Waals surface area (Å²) >= 11 is 0. The Labute approximate surface area is 86.2 Å². The highest BCUT2D eigenvalue weighted by atomic mass is 19.4. The van der Waals surface area contributed by atoms with Crippen LogP contribution in [-0.2, 0) is 10.9 Å². The number of esters is 1. The molecular formula is C7H5F3N2O4. The summed E-state index contributed by atoms with van der Waals surface area (Å²) in [5.41, 5.74) is -3.42. The number of aromatic amines is 1. The fourth-order valence-electron chi connectivity index (χ4n) is 1.02. The molecular weight excluding hydrogens is 233 g/mol. The van der Waals surface area contributed by atoms with Crippen LogP contribution in [0.4, 0.5) is 18.9 Å². The second kappa shape index (κ2) is 3.83. The Morgan fingerprint density at radius 2 is 2.12 bits per heavy atom. The van der Waals surface area contributed by atoms with Crippen LogP contribution in [0.3, 0.4) is 0 Å². The molecule has 1 aromatic rings. The molecule has 9 heteroatoms. The predicted octanol–water partition coefficient (Wildman–Crippen LogP) is 1.73. The van der Waals surface area contributed by atoms with Crippen LogP contribution in [0, 0.1) is 10.1 Å². The zero-order chi connectivity index (χ0) is 12.5. The average Bonchev–Trinajstić information content (AvgIpc) is 2.60. The number of carbonyl (C=O) groups is 1. The Morgan fingerprint density at radius 3 is 2.44 bits per heavy atom. The Hall–Kier alpha value is -2.06. The maximum absolute atomic E-state index is 12.3. The van der Waals surface area contributed by atoms with Crippen molar-refractivity contribution in [3.05, 3.63) is 27.6 Å². The van der Waals surface area contributed by atoms with Gasteiger partial charge in [-0.1, -0.05) is 0 Å². The molecule has 16 heavy (non-hydrogen) atoms. The monoisotopic (exact) mass is 238 g/mol. The molecule has 0 amide bonds. The molecule has 1 N–H and O–H groups in total. The van der Waals surface area contributed by atoms with Crippen LogP contribution in [-0.4, -0.2) is 23.0 Å². The van der Waals surface area contributed by atoms with Crippen molar-refractivity contribution in [2.75, 3.05) is 7.11 Å². The number of methoxy groups -OCH3 is 1. The highest BCUT2D eigenvalue weighted by molar-refractivity contribution is 5.88. The van der Waals surface area contributed by atoms with Crippen LogP contribution in [0.5, 0.6) is 0 Å². The summed E-state index contributed by atoms with van der Waals surface area (Å²) in [4.78, 5) is 21.6. The minimum Gasteiger partial charge on any atom is -0.464 e. The predicted molar refractivity (Wildman–Crippen MR) is 43.8 cm³/mol. The van der Waals surface area contributed by atoms with Gasteiger partial charge in [-0.05, 0) is 0 Å². The smallest absolute Gasteiger partial charge is 0.438 e. The number of hydrogen-bond acceptors (Lipinski definition) is 4. The molecule has 0 aliphatic carbocycles. The van der Waals surface area contributed by atoms with E-state index < -0.39 is 34.1 Å². The van der Waals surface area contributed by atoms with Crippen LogP contribution >= 0.6 is 0 Å². The van der Waals surface area contributed by atoms with Crippen molar-refractivity contribution in [3.63, 3.8) is 0 Å². The van der Waals surface area contributed by atoms with Gasteiger partial charge in [-0.3, -0.25) is 10.1 Å². The molecule has 0 bridgehead atoms. The van der Waals surface area contributed by atoms with Gasteiger partial charge in [0.2, 0.25) is 0 Å². The van der Waals surface area contributed by atoms with Crippen LogP contribution in [0.15, 0.2) is 6.07 Å². The summed E-state index contributed by atoms with van der Waals surface area (Å²) in [5, 5.41) is 10.3. The number of ether oxygens (including phenoxy) is 1. The van der Waals surface area contributed by atoms with Crippen molar-refractivity contribution in [1.29, 1.82) is 0 Å². The number of H-pyrrole nitrogens is 1. The average molecular weight is 238 g/mol. The first-order valence-electron chi connectivity index (χ1n) is 3.80. The maximum Gasteiger partial charge on any atom is 0.438 e. The van der Waals surface area contributed by atoms with Crippen LogP contribution in [0.25, 0.3) is 0 Å². The number of nitrogens with one attached hydrogen (secondary N) is 1. The van der Waals surface area contributed by atoms with E-state index in [-0.39, 0.29) is 0 Å². The molecule has 1 rings (SSSR count). The summed E-state index contributed by atoms with van der Waals surface area (Å²) < 4.78 is 41.0. The summed E-state index contributed by atoms with van der Waals surface area (Å²) in [6.07, 6.45) is -4.94. The van der Waals surface area contributed by atoms with E-state index in [1.54, 1.807) is 4.98 Å². The van der Waals surface area contributed by atoms with E-state index in [1.165, 1.54) is 0 Å². The highest BCUT2D eigenvalue weighted by Crippen LogP contribution is 2.35. The van der Waals surface area contributed by atoms with Gasteiger partial charge in [0.25, 0.3) is 5.69 Å². The molecule has 0 aliphatic heterocycles. The summed E-state index contributed by atoms with van der Waals surface area (Å²) in [6.45, 7) is 0. The molecule has 1 aromatic heterocycles. The summed E-state index contributed by atoms with van der Waals surface area (Å²) in [5.74, 6) is -1.11. The van der Waals surface area contributed by atoms with E-state index in [0.29, 0.717) is 6.07 Å². The molecule has 0 saturated heterocycles. The maximum atomic E-state index is 12.3. The molecule has 0 aliphatic rings. The molecule has 0 aromatic carbocycles. The molecule has 0 radical (unpaired) electrons. The molecule has 0 fully saturated rings. The van der Waals surface area contributed by atoms with Crippen molar-refractivity contribution < 1.29 is 27.6 Å². The van der Waals surface area contributed by atoms with Gasteiger partial charge in [0.1, 0.15) is 5.69 Å². The Kier molecular flexibility index (Phi) is 2.88. The van der Waals surface area contributed by atoms with Crippen molar-refractivity contribution in [1.82, 2.24) is 4.98 Å². The Bertz CT molecular complexity index is 437. The zero-order valence-corrected chi connectivity index (χ0v) is 7.79. The number of nitro groups is 1. The van der Waals surface area contributed by atoms with Gasteiger partial charge in [0.05, 0.1) is 12.0 Å². The van der Waals surface area contributed by atoms with E-state index in [2.05, 4.69) is 4.74 Å². The molecule has 1 heterocycles. The van der Waals surface area contributed by atoms with Crippen LogP contribution < -0.4 is 0 Å². The quantitative estimate of drug-likeness (QED) is 0.483. The number of carbonyl (C=O) groups excluding carboxylic acids is 1. The minimum atomic E-state index is -4.94. The van der Waals surface area contributed by atoms with E-state index in [0.717, 1.165) is 7.11 Å². The van der Waals surface area contributed by atoms with Gasteiger partial charge < -0.3 is 9.72 Å². The second-order valence-corrected chi connectivity index (χ2v) is 2.69. The molecule has 88 valence electrons. The number of alkyl halides is 3. The second-order valence-electron chi connectivity index (χ2n) is 2.69. The lowest BCUT2D eigenvalue weighted by atomic mass is 10.3. The largest absolute Gasteiger partial charge is 0.464 e. The highest BCUT2D eigenvalue weighted by Gasteiger charge is 2.41. The van der Waals surface area contributed by atoms with Gasteiger partial charge in [0.15, 0.2) is 5.69 Å². The van der Waals surface area contributed by atoms with Crippen molar-refractivity contribution in [3.8, 4) is 0 Å². The first-order valence-corrected chi connectivity index (χ1v) is 3.80. The Balaban J connectivity index is 3.32. The molecule has 0 atom stereocenters. The minimum absolute atomic E-state index is 0.481. The van der Waals surface area contributed by atoms with E-state index in [9.17, 15) is 28.1 Å². The third-order valence-corrected chi connectivity index (χ3v) is 1.68. The van der Waals surface area contributed by atoms with Gasteiger partial charge in [-0.25, -0.2) is 4.79 Å². The number of halogens is 3. The first kappa shape index (κ1) is 12.0. The molecule has 0 saturated carbocycles. The lowest BCUT2D eigenvalue weighted by Crippen LogP contribution is -2.09. The molecule has 0 spiro atoms. The fourth-order valence-corrected chi connectivity index (χ4v) is 1.02. The van der Waals surface area contributed by atoms with Crippen molar-refractivity contribution >= 4 is 11.7 Å². The third kappa shape index (κ3) is 2.12. The normalized spacial score (nSPS) is 11.2. The summed E-state index contributed by atoms with van der Waals surface area (Å²) in [7, 11) is 0.947. The van der Waals surface area contributed by atoms with Gasteiger partial charge in [-0.2, -0.15) is 13.2 Å². The van der Waals surface area contributed by atoms with Gasteiger partial charge >= 0.3 is 12.1 Å². The Morgan fingerprint density at radius 1 is 1.56 bits per heavy atom. The SMILES string of the molecule is COC(=O)c1cc([N+](=O)[O-])c(C(F)(F)F)[nH]1. The molecule has 0 unspecified atom stereocenters. The van der Waals surface area contributed by atoms with E-state index >= 15 is 0 Å². The molecule has 6 nitrogen and oxygen atoms in total. The lowest BCUT2D eigenvalue weighted by molar-refractivity contribution is -0.388. The zero-order valence-electron chi connectivity index (χ0n) is 7.79. The van der Waals surface area contributed by atoms with E-state index in [1.807, 2.05) is 0 Å². The van der Waals surface area contributed by atoms with Gasteiger partial charge in [0, 0.05) is 6.07 Å². The van der Waals surface area contributed by atoms with Crippen molar-refractivity contribution in [2.24, 2.45) is 0 Å². The summed E-state index contributed by atoms with van der Waals surface area (Å²) in [6, 6.07) is 0.481.